The van der Waals surface area contributed by atoms with E-state index in [1.165, 1.54) is 30.6 Å². The van der Waals surface area contributed by atoms with Crippen LogP contribution in [0.15, 0.2) is 23.6 Å². The topological polar surface area (TPSA) is 48.1 Å². The van der Waals surface area contributed by atoms with Crippen LogP contribution < -0.4 is 10.5 Å². The summed E-state index contributed by atoms with van der Waals surface area (Å²) >= 11 is 1.34. The molecule has 1 aromatic heterocycles. The highest BCUT2D eigenvalue weighted by atomic mass is 32.1. The molecule has 0 amide bonds. The zero-order valence-corrected chi connectivity index (χ0v) is 8.84. The van der Waals surface area contributed by atoms with Gasteiger partial charge in [-0.05, 0) is 12.1 Å². The van der Waals surface area contributed by atoms with E-state index in [1.807, 2.05) is 5.38 Å². The number of nitrogen functional groups attached to an aromatic ring is 1. The molecule has 1 heterocycles. The first-order valence-electron chi connectivity index (χ1n) is 4.25. The zero-order chi connectivity index (χ0) is 10.8. The highest BCUT2D eigenvalue weighted by molar-refractivity contribution is 7.13. The third-order valence-electron chi connectivity index (χ3n) is 1.96. The van der Waals surface area contributed by atoms with Crippen molar-refractivity contribution in [3.05, 3.63) is 29.4 Å². The van der Waals surface area contributed by atoms with Crippen LogP contribution in [0.2, 0.25) is 0 Å². The van der Waals surface area contributed by atoms with Crippen LogP contribution in [0.1, 0.15) is 0 Å². The number of anilines is 1. The van der Waals surface area contributed by atoms with E-state index >= 15 is 0 Å². The molecular weight excluding hydrogens is 215 g/mol. The van der Waals surface area contributed by atoms with Crippen LogP contribution in [0.5, 0.6) is 5.75 Å². The molecule has 0 aliphatic carbocycles. The van der Waals surface area contributed by atoms with Gasteiger partial charge in [-0.2, -0.15) is 0 Å². The first-order chi connectivity index (χ1) is 7.20. The number of nitrogens with two attached hydrogens (primary N) is 1. The largest absolute Gasteiger partial charge is 0.496 e. The van der Waals surface area contributed by atoms with Gasteiger partial charge in [0.05, 0.1) is 12.8 Å². The highest BCUT2D eigenvalue weighted by Gasteiger charge is 2.09. The van der Waals surface area contributed by atoms with Crippen molar-refractivity contribution < 1.29 is 9.13 Å². The Morgan fingerprint density at radius 2 is 2.27 bits per heavy atom. The molecule has 0 aliphatic heterocycles. The molecule has 3 nitrogen and oxygen atoms in total. The van der Waals surface area contributed by atoms with Gasteiger partial charge >= 0.3 is 0 Å². The van der Waals surface area contributed by atoms with Gasteiger partial charge in [-0.1, -0.05) is 0 Å². The summed E-state index contributed by atoms with van der Waals surface area (Å²) in [7, 11) is 1.49. The first kappa shape index (κ1) is 9.92. The van der Waals surface area contributed by atoms with E-state index in [4.69, 9.17) is 10.5 Å². The summed E-state index contributed by atoms with van der Waals surface area (Å²) < 4.78 is 18.0. The predicted molar refractivity (Wildman–Crippen MR) is 58.5 cm³/mol. The Kier molecular flexibility index (Phi) is 2.55. The molecule has 15 heavy (non-hydrogen) atoms. The summed E-state index contributed by atoms with van der Waals surface area (Å²) in [5.41, 5.74) is 6.98. The van der Waals surface area contributed by atoms with Gasteiger partial charge in [0.2, 0.25) is 0 Å². The molecule has 1 aromatic carbocycles. The summed E-state index contributed by atoms with van der Waals surface area (Å²) in [6.07, 6.45) is 0. The number of methoxy groups -OCH3 is 1. The molecule has 0 aliphatic rings. The average Bonchev–Trinajstić information content (AvgIpc) is 2.64. The van der Waals surface area contributed by atoms with Crippen molar-refractivity contribution in [1.82, 2.24) is 4.98 Å². The number of hydrogen-bond donors (Lipinski definition) is 1. The molecule has 5 heteroatoms. The van der Waals surface area contributed by atoms with Crippen LogP contribution in [0, 0.1) is 5.82 Å². The Bertz CT molecular complexity index is 484. The van der Waals surface area contributed by atoms with Gasteiger partial charge in [-0.3, -0.25) is 0 Å². The summed E-state index contributed by atoms with van der Waals surface area (Å²) in [5, 5.41) is 2.29. The summed E-state index contributed by atoms with van der Waals surface area (Å²) in [4.78, 5) is 4.11. The van der Waals surface area contributed by atoms with Crippen LogP contribution in [0.3, 0.4) is 0 Å². The second-order valence-electron chi connectivity index (χ2n) is 2.92. The molecule has 2 rings (SSSR count). The van der Waals surface area contributed by atoms with Crippen molar-refractivity contribution in [3.8, 4) is 17.0 Å². The first-order valence-corrected chi connectivity index (χ1v) is 5.13. The highest BCUT2D eigenvalue weighted by Crippen LogP contribution is 2.31. The van der Waals surface area contributed by atoms with E-state index in [2.05, 4.69) is 4.98 Å². The van der Waals surface area contributed by atoms with E-state index in [0.717, 1.165) is 5.56 Å². The Morgan fingerprint density at radius 3 is 2.87 bits per heavy atom. The number of aromatic nitrogens is 1. The molecule has 0 unspecified atom stereocenters. The van der Waals surface area contributed by atoms with Gasteiger partial charge in [-0.15, -0.1) is 11.3 Å². The maximum Gasteiger partial charge on any atom is 0.180 e. The summed E-state index contributed by atoms with van der Waals surface area (Å²) in [6, 6.07) is 4.32. The van der Waals surface area contributed by atoms with Crippen LogP contribution in [-0.2, 0) is 0 Å². The lowest BCUT2D eigenvalue weighted by Crippen LogP contribution is -1.90. The quantitative estimate of drug-likeness (QED) is 0.852. The molecule has 0 fully saturated rings. The zero-order valence-electron chi connectivity index (χ0n) is 8.03. The SMILES string of the molecule is COc1cc(F)ccc1-c1csc(N)n1. The van der Waals surface area contributed by atoms with E-state index in [1.54, 1.807) is 6.07 Å². The van der Waals surface area contributed by atoms with E-state index in [9.17, 15) is 4.39 Å². The average molecular weight is 224 g/mol. The lowest BCUT2D eigenvalue weighted by molar-refractivity contribution is 0.413. The molecule has 2 N–H and O–H groups in total. The monoisotopic (exact) mass is 224 g/mol. The number of thiazole rings is 1. The Balaban J connectivity index is 2.52. The lowest BCUT2D eigenvalue weighted by Gasteiger charge is -2.05. The van der Waals surface area contributed by atoms with Gasteiger partial charge in [0.1, 0.15) is 11.6 Å². The minimum absolute atomic E-state index is 0.334. The molecule has 0 saturated heterocycles. The minimum atomic E-state index is -0.334. The number of nitrogens with zero attached hydrogens (tertiary/aromatic N) is 1. The second kappa shape index (κ2) is 3.86. The molecule has 0 radical (unpaired) electrons. The number of benzene rings is 1. The molecule has 2 aromatic rings. The van der Waals surface area contributed by atoms with Gasteiger partial charge in [0.15, 0.2) is 5.13 Å². The predicted octanol–water partition coefficient (Wildman–Crippen LogP) is 2.54. The second-order valence-corrected chi connectivity index (χ2v) is 3.81. The maximum atomic E-state index is 12.9. The van der Waals surface area contributed by atoms with Gasteiger partial charge in [-0.25, -0.2) is 9.37 Å². The third-order valence-corrected chi connectivity index (χ3v) is 2.64. The Hall–Kier alpha value is -1.62. The number of hydrogen-bond acceptors (Lipinski definition) is 4. The van der Waals surface area contributed by atoms with Gasteiger partial charge in [0.25, 0.3) is 0 Å². The summed E-state index contributed by atoms with van der Waals surface area (Å²) in [5.74, 6) is 0.124. The van der Waals surface area contributed by atoms with Crippen molar-refractivity contribution in [1.29, 1.82) is 0 Å². The molecule has 78 valence electrons. The van der Waals surface area contributed by atoms with Crippen molar-refractivity contribution in [2.75, 3.05) is 12.8 Å². The maximum absolute atomic E-state index is 12.9. The van der Waals surface area contributed by atoms with Crippen LogP contribution in [0.4, 0.5) is 9.52 Å². The number of halogens is 1. The lowest BCUT2D eigenvalue weighted by atomic mass is 10.1. The van der Waals surface area contributed by atoms with Crippen LogP contribution in [-0.4, -0.2) is 12.1 Å². The van der Waals surface area contributed by atoms with Gasteiger partial charge in [0, 0.05) is 17.0 Å². The fourth-order valence-electron chi connectivity index (χ4n) is 1.29. The molecule has 0 saturated carbocycles. The third kappa shape index (κ3) is 1.92. The minimum Gasteiger partial charge on any atom is -0.496 e. The van der Waals surface area contributed by atoms with Crippen molar-refractivity contribution in [2.45, 2.75) is 0 Å². The standard InChI is InChI=1S/C10H9FN2OS/c1-14-9-4-6(11)2-3-7(9)8-5-15-10(12)13-8/h2-5H,1H3,(H2,12,13). The van der Waals surface area contributed by atoms with Crippen LogP contribution in [0.25, 0.3) is 11.3 Å². The molecule has 0 bridgehead atoms. The van der Waals surface area contributed by atoms with Crippen molar-refractivity contribution in [3.63, 3.8) is 0 Å². The smallest absolute Gasteiger partial charge is 0.180 e. The molecule has 0 spiro atoms. The van der Waals surface area contributed by atoms with E-state index in [-0.39, 0.29) is 5.82 Å². The van der Waals surface area contributed by atoms with Crippen molar-refractivity contribution >= 4 is 16.5 Å². The normalized spacial score (nSPS) is 10.3. The fourth-order valence-corrected chi connectivity index (χ4v) is 1.85. The molecular formula is C10H9FN2OS. The summed E-state index contributed by atoms with van der Waals surface area (Å²) in [6.45, 7) is 0. The van der Waals surface area contributed by atoms with E-state index in [0.29, 0.717) is 16.6 Å². The van der Waals surface area contributed by atoms with Crippen molar-refractivity contribution in [2.24, 2.45) is 0 Å². The number of ether oxygens (including phenoxy) is 1. The number of rotatable bonds is 2. The van der Waals surface area contributed by atoms with Gasteiger partial charge < -0.3 is 10.5 Å². The molecule has 0 atom stereocenters. The Morgan fingerprint density at radius 1 is 1.47 bits per heavy atom. The Labute approximate surface area is 90.3 Å². The fraction of sp³-hybridized carbons (Fsp3) is 0.100. The van der Waals surface area contributed by atoms with Crippen LogP contribution >= 0.6 is 11.3 Å². The van der Waals surface area contributed by atoms with E-state index < -0.39 is 0 Å².